The third kappa shape index (κ3) is 3.09. The van der Waals surface area contributed by atoms with Gasteiger partial charge in [-0.05, 0) is 25.0 Å². The number of nitrogens with zero attached hydrogens (tertiary/aromatic N) is 2. The predicted molar refractivity (Wildman–Crippen MR) is 73.9 cm³/mol. The summed E-state index contributed by atoms with van der Waals surface area (Å²) in [5.41, 5.74) is 0.628. The number of nitriles is 1. The molecule has 2 rings (SSSR count). The fraction of sp³-hybridized carbons (Fsp3) is 0.429. The van der Waals surface area contributed by atoms with Crippen LogP contribution >= 0.6 is 11.8 Å². The summed E-state index contributed by atoms with van der Waals surface area (Å²) in [4.78, 5) is 15.1. The highest BCUT2D eigenvalue weighted by atomic mass is 32.2. The number of aliphatic hydroxyl groups is 1. The van der Waals surface area contributed by atoms with E-state index >= 15 is 0 Å². The van der Waals surface area contributed by atoms with E-state index in [1.54, 1.807) is 11.0 Å². The lowest BCUT2D eigenvalue weighted by Gasteiger charge is -2.24. The minimum absolute atomic E-state index is 0.0131. The summed E-state index contributed by atoms with van der Waals surface area (Å²) in [5, 5.41) is 18.0. The van der Waals surface area contributed by atoms with Crippen molar-refractivity contribution in [2.75, 3.05) is 18.9 Å². The maximum atomic E-state index is 12.5. The maximum Gasteiger partial charge on any atom is 0.255 e. The molecule has 1 atom stereocenters. The van der Waals surface area contributed by atoms with Gasteiger partial charge in [0.1, 0.15) is 0 Å². The third-order valence-electron chi connectivity index (χ3n) is 3.26. The molecular weight excluding hydrogens is 260 g/mol. The second-order valence-corrected chi connectivity index (χ2v) is 5.44. The molecule has 1 N–H and O–H groups in total. The number of carbonyl (C=O) groups is 1. The molecule has 1 fully saturated rings. The van der Waals surface area contributed by atoms with Crippen LogP contribution in [0, 0.1) is 11.3 Å². The molecule has 1 aromatic rings. The summed E-state index contributed by atoms with van der Waals surface area (Å²) < 4.78 is 0. The van der Waals surface area contributed by atoms with Gasteiger partial charge in [-0.25, -0.2) is 0 Å². The van der Waals surface area contributed by atoms with Gasteiger partial charge < -0.3 is 10.0 Å². The molecule has 1 aliphatic heterocycles. The molecule has 5 heteroatoms. The standard InChI is InChI=1S/C14H16N2O2S/c15-7-9-19-13-6-2-1-5-12(13)14(18)16-8-3-4-11(16)10-17/h1-2,5-6,11,17H,3-4,8-10H2. The van der Waals surface area contributed by atoms with Crippen LogP contribution in [0.3, 0.4) is 0 Å². The van der Waals surface area contributed by atoms with Gasteiger partial charge >= 0.3 is 0 Å². The second kappa shape index (κ2) is 6.60. The Morgan fingerprint density at radius 3 is 3.05 bits per heavy atom. The Morgan fingerprint density at radius 1 is 1.53 bits per heavy atom. The number of aliphatic hydroxyl groups excluding tert-OH is 1. The van der Waals surface area contributed by atoms with Crippen LogP contribution in [0.4, 0.5) is 0 Å². The lowest BCUT2D eigenvalue weighted by atomic mass is 10.1. The first-order valence-corrected chi connectivity index (χ1v) is 7.27. The molecule has 19 heavy (non-hydrogen) atoms. The van der Waals surface area contributed by atoms with Crippen molar-refractivity contribution in [2.45, 2.75) is 23.8 Å². The fourth-order valence-corrected chi connectivity index (χ4v) is 3.03. The van der Waals surface area contributed by atoms with E-state index in [4.69, 9.17) is 5.26 Å². The summed E-state index contributed by atoms with van der Waals surface area (Å²) in [6.45, 7) is 0.709. The average molecular weight is 276 g/mol. The predicted octanol–water partition coefficient (Wildman–Crippen LogP) is 1.90. The Balaban J connectivity index is 2.21. The van der Waals surface area contributed by atoms with E-state index in [0.717, 1.165) is 17.7 Å². The van der Waals surface area contributed by atoms with Crippen molar-refractivity contribution >= 4 is 17.7 Å². The molecule has 1 unspecified atom stereocenters. The normalized spacial score (nSPS) is 18.3. The van der Waals surface area contributed by atoms with Gasteiger partial charge in [-0.1, -0.05) is 12.1 Å². The van der Waals surface area contributed by atoms with Crippen LogP contribution in [0.1, 0.15) is 23.2 Å². The van der Waals surface area contributed by atoms with Crippen molar-refractivity contribution in [3.05, 3.63) is 29.8 Å². The SMILES string of the molecule is N#CCSc1ccccc1C(=O)N1CCCC1CO. The Morgan fingerprint density at radius 2 is 2.32 bits per heavy atom. The van der Waals surface area contributed by atoms with E-state index in [9.17, 15) is 9.90 Å². The van der Waals surface area contributed by atoms with Crippen molar-refractivity contribution in [3.8, 4) is 6.07 Å². The smallest absolute Gasteiger partial charge is 0.255 e. The fourth-order valence-electron chi connectivity index (χ4n) is 2.33. The molecule has 100 valence electrons. The number of amides is 1. The molecule has 0 saturated carbocycles. The largest absolute Gasteiger partial charge is 0.394 e. The molecule has 1 aromatic carbocycles. The minimum atomic E-state index is -0.0680. The van der Waals surface area contributed by atoms with Crippen molar-refractivity contribution in [3.63, 3.8) is 0 Å². The zero-order valence-electron chi connectivity index (χ0n) is 10.6. The van der Waals surface area contributed by atoms with Crippen molar-refractivity contribution in [1.29, 1.82) is 5.26 Å². The average Bonchev–Trinajstić information content (AvgIpc) is 2.93. The summed E-state index contributed by atoms with van der Waals surface area (Å²) in [6.07, 6.45) is 1.79. The molecular formula is C14H16N2O2S. The van der Waals surface area contributed by atoms with E-state index in [-0.39, 0.29) is 18.6 Å². The van der Waals surface area contributed by atoms with Gasteiger partial charge in [-0.15, -0.1) is 11.8 Å². The van der Waals surface area contributed by atoms with Gasteiger partial charge in [0.05, 0.1) is 30.0 Å². The second-order valence-electron chi connectivity index (χ2n) is 4.42. The Hall–Kier alpha value is -1.51. The van der Waals surface area contributed by atoms with Gasteiger partial charge in [0.15, 0.2) is 0 Å². The Kier molecular flexibility index (Phi) is 4.83. The molecule has 0 bridgehead atoms. The van der Waals surface area contributed by atoms with Gasteiger partial charge in [0.25, 0.3) is 5.91 Å². The van der Waals surface area contributed by atoms with Crippen LogP contribution in [0.5, 0.6) is 0 Å². The molecule has 0 radical (unpaired) electrons. The van der Waals surface area contributed by atoms with Crippen LogP contribution in [0.25, 0.3) is 0 Å². The quantitative estimate of drug-likeness (QED) is 0.853. The van der Waals surface area contributed by atoms with Crippen LogP contribution in [-0.4, -0.2) is 40.9 Å². The molecule has 1 amide bonds. The van der Waals surface area contributed by atoms with Crippen LogP contribution in [0.2, 0.25) is 0 Å². The van der Waals surface area contributed by atoms with E-state index in [0.29, 0.717) is 17.9 Å². The van der Waals surface area contributed by atoms with Gasteiger partial charge in [-0.2, -0.15) is 5.26 Å². The topological polar surface area (TPSA) is 64.3 Å². The Labute approximate surface area is 117 Å². The monoisotopic (exact) mass is 276 g/mol. The highest BCUT2D eigenvalue weighted by molar-refractivity contribution is 7.99. The summed E-state index contributed by atoms with van der Waals surface area (Å²) in [6, 6.07) is 9.34. The number of rotatable bonds is 4. The van der Waals surface area contributed by atoms with E-state index < -0.39 is 0 Å². The van der Waals surface area contributed by atoms with Crippen molar-refractivity contribution < 1.29 is 9.90 Å². The van der Waals surface area contributed by atoms with Gasteiger partial charge in [0, 0.05) is 11.4 Å². The van der Waals surface area contributed by atoms with E-state index in [1.165, 1.54) is 11.8 Å². The molecule has 1 heterocycles. The minimum Gasteiger partial charge on any atom is -0.394 e. The summed E-state index contributed by atoms with van der Waals surface area (Å²) in [7, 11) is 0. The van der Waals surface area contributed by atoms with Gasteiger partial charge in [0.2, 0.25) is 0 Å². The number of hydrogen-bond acceptors (Lipinski definition) is 4. The first kappa shape index (κ1) is 13.9. The lowest BCUT2D eigenvalue weighted by Crippen LogP contribution is -2.37. The number of carbonyl (C=O) groups excluding carboxylic acids is 1. The Bertz CT molecular complexity index is 498. The molecule has 4 nitrogen and oxygen atoms in total. The molecule has 1 saturated heterocycles. The van der Waals surface area contributed by atoms with E-state index in [1.807, 2.05) is 18.2 Å². The third-order valence-corrected chi connectivity index (χ3v) is 4.20. The first-order chi connectivity index (χ1) is 9.27. The summed E-state index contributed by atoms with van der Waals surface area (Å²) >= 11 is 1.37. The first-order valence-electron chi connectivity index (χ1n) is 6.28. The number of benzene rings is 1. The zero-order chi connectivity index (χ0) is 13.7. The zero-order valence-corrected chi connectivity index (χ0v) is 11.4. The van der Waals surface area contributed by atoms with E-state index in [2.05, 4.69) is 6.07 Å². The molecule has 0 aliphatic carbocycles. The van der Waals surface area contributed by atoms with Crippen LogP contribution in [0.15, 0.2) is 29.2 Å². The molecule has 1 aliphatic rings. The number of likely N-dealkylation sites (tertiary alicyclic amines) is 1. The van der Waals surface area contributed by atoms with Crippen molar-refractivity contribution in [2.24, 2.45) is 0 Å². The maximum absolute atomic E-state index is 12.5. The number of thioether (sulfide) groups is 1. The van der Waals surface area contributed by atoms with Crippen molar-refractivity contribution in [1.82, 2.24) is 4.90 Å². The highest BCUT2D eigenvalue weighted by Gasteiger charge is 2.29. The van der Waals surface area contributed by atoms with Crippen LogP contribution < -0.4 is 0 Å². The summed E-state index contributed by atoms with van der Waals surface area (Å²) in [5.74, 6) is 0.283. The molecule has 0 aromatic heterocycles. The van der Waals surface area contributed by atoms with Crippen LogP contribution in [-0.2, 0) is 0 Å². The highest BCUT2D eigenvalue weighted by Crippen LogP contribution is 2.26. The van der Waals surface area contributed by atoms with Gasteiger partial charge in [-0.3, -0.25) is 4.79 Å². The lowest BCUT2D eigenvalue weighted by molar-refractivity contribution is 0.0674. The molecule has 0 spiro atoms. The number of hydrogen-bond donors (Lipinski definition) is 1.